The molecule has 1 atom stereocenters. The molecule has 4 rings (SSSR count). The molecule has 3 aromatic rings. The highest BCUT2D eigenvalue weighted by Gasteiger charge is 2.32. The molecule has 37 heavy (non-hydrogen) atoms. The van der Waals surface area contributed by atoms with E-state index in [2.05, 4.69) is 25.2 Å². The number of nitrogens with zero attached hydrogens (tertiary/aromatic N) is 5. The molecule has 3 heterocycles. The maximum absolute atomic E-state index is 14.8. The number of rotatable bonds is 6. The van der Waals surface area contributed by atoms with Crippen molar-refractivity contribution < 1.29 is 37.0 Å². The van der Waals surface area contributed by atoms with Crippen LogP contribution in [0.3, 0.4) is 0 Å². The van der Waals surface area contributed by atoms with Crippen LogP contribution in [0.4, 0.5) is 28.2 Å². The first kappa shape index (κ1) is 26.0. The van der Waals surface area contributed by atoms with E-state index in [0.29, 0.717) is 22.6 Å². The number of hydrogen-bond donors (Lipinski definition) is 2. The van der Waals surface area contributed by atoms with Gasteiger partial charge in [-0.15, -0.1) is 10.2 Å². The Morgan fingerprint density at radius 1 is 1.24 bits per heavy atom. The van der Waals surface area contributed by atoms with Crippen LogP contribution in [-0.4, -0.2) is 67.7 Å². The van der Waals surface area contributed by atoms with E-state index in [-0.39, 0.29) is 43.5 Å². The van der Waals surface area contributed by atoms with Crippen LogP contribution >= 0.6 is 0 Å². The smallest absolute Gasteiger partial charge is 0.422 e. The molecule has 0 saturated heterocycles. The third kappa shape index (κ3) is 6.02. The van der Waals surface area contributed by atoms with Gasteiger partial charge in [-0.2, -0.15) is 13.2 Å². The number of amides is 2. The Morgan fingerprint density at radius 3 is 2.76 bits per heavy atom. The number of pyridine rings is 1. The summed E-state index contributed by atoms with van der Waals surface area (Å²) in [6.45, 7) is -0.206. The molecule has 2 N–H and O–H groups in total. The first-order chi connectivity index (χ1) is 17.6. The predicted octanol–water partition coefficient (Wildman–Crippen LogP) is 3.34. The molecule has 1 aliphatic rings. The number of carbonyl (C=O) groups excluding carboxylic acids is 2. The molecule has 0 bridgehead atoms. The first-order valence-electron chi connectivity index (χ1n) is 11.1. The number of fused-ring (bicyclic) bond motifs is 1. The van der Waals surface area contributed by atoms with E-state index in [1.54, 1.807) is 23.6 Å². The summed E-state index contributed by atoms with van der Waals surface area (Å²) in [4.78, 5) is 30.3. The van der Waals surface area contributed by atoms with Gasteiger partial charge >= 0.3 is 12.3 Å². The molecule has 0 aliphatic carbocycles. The molecule has 0 fully saturated rings. The third-order valence-electron chi connectivity index (χ3n) is 5.70. The zero-order valence-corrected chi connectivity index (χ0v) is 19.5. The molecule has 0 saturated carbocycles. The molecular formula is C23H22F4N6O4. The molecule has 0 spiro atoms. The van der Waals surface area contributed by atoms with E-state index in [9.17, 15) is 32.3 Å². The number of benzene rings is 1. The van der Waals surface area contributed by atoms with Gasteiger partial charge in [-0.05, 0) is 48.7 Å². The normalized spacial score (nSPS) is 14.2. The fourth-order valence-corrected chi connectivity index (χ4v) is 3.79. The molecule has 1 aliphatic heterocycles. The standard InChI is InChI=1S/C23H22F4N6O4/c1-13(10-34)33-12-28-31-20(33)18-3-2-4-19(29-18)30-21(35)16-7-15-9-32(6-5-14(15)8-17(16)24)22(36)37-11-23(25,26)27/h2-4,7-8,12-13,34H,5-6,9-11H2,1H3,(H,29,30,35)/t13-/m1/s1. The number of alkyl halides is 3. The average molecular weight is 522 g/mol. The number of nitrogens with one attached hydrogen (secondary N) is 1. The molecule has 2 aromatic heterocycles. The van der Waals surface area contributed by atoms with Crippen LogP contribution in [0.5, 0.6) is 0 Å². The zero-order valence-electron chi connectivity index (χ0n) is 19.5. The lowest BCUT2D eigenvalue weighted by Crippen LogP contribution is -2.38. The van der Waals surface area contributed by atoms with Crippen LogP contribution < -0.4 is 5.32 Å². The SMILES string of the molecule is C[C@H](CO)n1cnnc1-c1cccc(NC(=O)c2cc3c(cc2F)CCN(C(=O)OCC(F)(F)F)C3)n1. The Hall–Kier alpha value is -4.07. The van der Waals surface area contributed by atoms with Crippen molar-refractivity contribution in [2.45, 2.75) is 32.1 Å². The van der Waals surface area contributed by atoms with Crippen molar-refractivity contribution in [1.29, 1.82) is 0 Å². The van der Waals surface area contributed by atoms with Gasteiger partial charge in [-0.1, -0.05) is 6.07 Å². The van der Waals surface area contributed by atoms with E-state index in [1.165, 1.54) is 24.5 Å². The molecule has 196 valence electrons. The van der Waals surface area contributed by atoms with Crippen LogP contribution in [0.1, 0.15) is 34.5 Å². The number of ether oxygens (including phenoxy) is 1. The maximum Gasteiger partial charge on any atom is 0.422 e. The second kappa shape index (κ2) is 10.5. The lowest BCUT2D eigenvalue weighted by Gasteiger charge is -2.28. The number of hydrogen-bond acceptors (Lipinski definition) is 7. The molecule has 10 nitrogen and oxygen atoms in total. The maximum atomic E-state index is 14.8. The molecular weight excluding hydrogens is 500 g/mol. The molecule has 0 radical (unpaired) electrons. The molecule has 2 amide bonds. The Kier molecular flexibility index (Phi) is 7.38. The van der Waals surface area contributed by atoms with E-state index in [1.807, 2.05) is 0 Å². The van der Waals surface area contributed by atoms with Crippen molar-refractivity contribution >= 4 is 17.8 Å². The highest BCUT2D eigenvalue weighted by atomic mass is 19.4. The van der Waals surface area contributed by atoms with Gasteiger partial charge in [0.15, 0.2) is 12.4 Å². The molecule has 14 heteroatoms. The summed E-state index contributed by atoms with van der Waals surface area (Å²) in [6, 6.07) is 6.84. The minimum absolute atomic E-state index is 0.0465. The summed E-state index contributed by atoms with van der Waals surface area (Å²) in [5, 5.41) is 19.8. The van der Waals surface area contributed by atoms with Crippen LogP contribution in [-0.2, 0) is 17.7 Å². The van der Waals surface area contributed by atoms with E-state index in [4.69, 9.17) is 0 Å². The van der Waals surface area contributed by atoms with Gasteiger partial charge in [-0.25, -0.2) is 14.2 Å². The van der Waals surface area contributed by atoms with Crippen molar-refractivity contribution in [2.75, 3.05) is 25.1 Å². The average Bonchev–Trinajstić information content (AvgIpc) is 3.36. The second-order valence-electron chi connectivity index (χ2n) is 8.40. The Morgan fingerprint density at radius 2 is 2.03 bits per heavy atom. The van der Waals surface area contributed by atoms with Gasteiger partial charge in [0.05, 0.1) is 18.2 Å². The van der Waals surface area contributed by atoms with Crippen LogP contribution in [0.25, 0.3) is 11.5 Å². The third-order valence-corrected chi connectivity index (χ3v) is 5.70. The molecule has 0 unspecified atom stereocenters. The minimum Gasteiger partial charge on any atom is -0.440 e. The second-order valence-corrected chi connectivity index (χ2v) is 8.40. The largest absolute Gasteiger partial charge is 0.440 e. The summed E-state index contributed by atoms with van der Waals surface area (Å²) in [6.07, 6.45) is -4.18. The van der Waals surface area contributed by atoms with E-state index >= 15 is 0 Å². The number of aliphatic hydroxyl groups is 1. The Bertz CT molecular complexity index is 1310. The molecule has 1 aromatic carbocycles. The van der Waals surface area contributed by atoms with Crippen molar-refractivity contribution in [3.8, 4) is 11.5 Å². The fourth-order valence-electron chi connectivity index (χ4n) is 3.79. The summed E-state index contributed by atoms with van der Waals surface area (Å²) in [5.41, 5.74) is 0.976. The highest BCUT2D eigenvalue weighted by Crippen LogP contribution is 2.25. The van der Waals surface area contributed by atoms with Gasteiger partial charge in [-0.3, -0.25) is 4.79 Å². The summed E-state index contributed by atoms with van der Waals surface area (Å²) < 4.78 is 57.7. The van der Waals surface area contributed by atoms with Crippen molar-refractivity contribution in [3.63, 3.8) is 0 Å². The van der Waals surface area contributed by atoms with Crippen LogP contribution in [0.15, 0.2) is 36.7 Å². The van der Waals surface area contributed by atoms with Gasteiger partial charge in [0.1, 0.15) is 23.7 Å². The number of anilines is 1. The zero-order chi connectivity index (χ0) is 26.7. The van der Waals surface area contributed by atoms with E-state index in [0.717, 1.165) is 4.90 Å². The number of aliphatic hydroxyl groups excluding tert-OH is 1. The highest BCUT2D eigenvalue weighted by molar-refractivity contribution is 6.04. The quantitative estimate of drug-likeness (QED) is 0.476. The first-order valence-corrected chi connectivity index (χ1v) is 11.1. The Labute approximate surface area is 207 Å². The minimum atomic E-state index is -4.66. The number of halogens is 4. The number of carbonyl (C=O) groups is 2. The van der Waals surface area contributed by atoms with Crippen LogP contribution in [0, 0.1) is 5.82 Å². The van der Waals surface area contributed by atoms with Crippen molar-refractivity contribution in [2.24, 2.45) is 0 Å². The number of aromatic nitrogens is 4. The summed E-state index contributed by atoms with van der Waals surface area (Å²) >= 11 is 0. The Balaban J connectivity index is 1.51. The van der Waals surface area contributed by atoms with Gasteiger partial charge in [0.2, 0.25) is 0 Å². The summed E-state index contributed by atoms with van der Waals surface area (Å²) in [5.74, 6) is -1.15. The van der Waals surface area contributed by atoms with E-state index < -0.39 is 30.6 Å². The monoisotopic (exact) mass is 522 g/mol. The summed E-state index contributed by atoms with van der Waals surface area (Å²) in [7, 11) is 0. The van der Waals surface area contributed by atoms with Gasteiger partial charge < -0.3 is 24.6 Å². The lowest BCUT2D eigenvalue weighted by atomic mass is 9.97. The van der Waals surface area contributed by atoms with Crippen molar-refractivity contribution in [1.82, 2.24) is 24.6 Å². The van der Waals surface area contributed by atoms with Gasteiger partial charge in [0, 0.05) is 13.1 Å². The predicted molar refractivity (Wildman–Crippen MR) is 121 cm³/mol. The lowest BCUT2D eigenvalue weighted by molar-refractivity contribution is -0.162. The van der Waals surface area contributed by atoms with Gasteiger partial charge in [0.25, 0.3) is 5.91 Å². The fraction of sp³-hybridized carbons (Fsp3) is 0.348. The topological polar surface area (TPSA) is 122 Å². The van der Waals surface area contributed by atoms with Crippen molar-refractivity contribution in [3.05, 3.63) is 59.2 Å². The van der Waals surface area contributed by atoms with Crippen LogP contribution in [0.2, 0.25) is 0 Å².